The zero-order chi connectivity index (χ0) is 20.5. The van der Waals surface area contributed by atoms with Gasteiger partial charge in [-0.15, -0.1) is 0 Å². The van der Waals surface area contributed by atoms with Crippen molar-refractivity contribution in [2.75, 3.05) is 4.90 Å². The molecule has 1 fully saturated rings. The molecule has 3 aromatic rings. The molecular weight excluding hydrogens is 416 g/mol. The fourth-order valence-electron chi connectivity index (χ4n) is 2.79. The van der Waals surface area contributed by atoms with Crippen molar-refractivity contribution in [3.63, 3.8) is 0 Å². The van der Waals surface area contributed by atoms with E-state index >= 15 is 0 Å². The quantitative estimate of drug-likeness (QED) is 0.299. The number of non-ortho nitro benzene ring substituents is 1. The van der Waals surface area contributed by atoms with Gasteiger partial charge in [-0.1, -0.05) is 29.8 Å². The van der Waals surface area contributed by atoms with Crippen molar-refractivity contribution >= 4 is 52.0 Å². The molecule has 2 heterocycles. The molecule has 0 N–H and O–H groups in total. The van der Waals surface area contributed by atoms with Crippen LogP contribution in [0.3, 0.4) is 0 Å². The summed E-state index contributed by atoms with van der Waals surface area (Å²) in [6.07, 6.45) is 1.48. The Hall–Kier alpha value is -3.36. The Labute approximate surface area is 173 Å². The number of carbonyl (C=O) groups excluding carboxylic acids is 2. The summed E-state index contributed by atoms with van der Waals surface area (Å²) < 4.78 is 5.71. The summed E-state index contributed by atoms with van der Waals surface area (Å²) in [6, 6.07) is 16.0. The summed E-state index contributed by atoms with van der Waals surface area (Å²) in [5.41, 5.74) is 0.852. The van der Waals surface area contributed by atoms with Crippen molar-refractivity contribution in [2.45, 2.75) is 0 Å². The molecular formula is C20H11ClN2O5S. The van der Waals surface area contributed by atoms with Gasteiger partial charge in [0.25, 0.3) is 16.8 Å². The van der Waals surface area contributed by atoms with Gasteiger partial charge in [-0.2, -0.15) is 0 Å². The van der Waals surface area contributed by atoms with Gasteiger partial charge in [-0.05, 0) is 42.1 Å². The second-order valence-corrected chi connectivity index (χ2v) is 7.38. The third kappa shape index (κ3) is 3.67. The molecule has 1 aliphatic rings. The second-order valence-electron chi connectivity index (χ2n) is 5.98. The number of rotatable bonds is 4. The lowest BCUT2D eigenvalue weighted by molar-refractivity contribution is -0.384. The molecule has 2 amide bonds. The number of carbonyl (C=O) groups is 2. The molecule has 1 saturated heterocycles. The number of hydrogen-bond acceptors (Lipinski definition) is 6. The van der Waals surface area contributed by atoms with Crippen LogP contribution < -0.4 is 4.90 Å². The van der Waals surface area contributed by atoms with E-state index in [1.807, 2.05) is 0 Å². The van der Waals surface area contributed by atoms with Crippen LogP contribution in [0.5, 0.6) is 0 Å². The van der Waals surface area contributed by atoms with E-state index in [4.69, 9.17) is 16.0 Å². The smallest absolute Gasteiger partial charge is 0.298 e. The standard InChI is InChI=1S/C20H11ClN2O5S/c21-16-10-13(23(26)27)6-8-15(16)17-9-7-14(28-17)11-18-19(24)22(20(25)29-18)12-4-2-1-3-5-12/h1-11H/b18-11-. The van der Waals surface area contributed by atoms with Gasteiger partial charge in [0.1, 0.15) is 11.5 Å². The zero-order valence-electron chi connectivity index (χ0n) is 14.6. The predicted octanol–water partition coefficient (Wildman–Crippen LogP) is 5.75. The number of hydrogen-bond donors (Lipinski definition) is 0. The Morgan fingerprint density at radius 3 is 2.52 bits per heavy atom. The molecule has 4 rings (SSSR count). The fraction of sp³-hybridized carbons (Fsp3) is 0. The van der Waals surface area contributed by atoms with E-state index in [1.165, 1.54) is 24.3 Å². The van der Waals surface area contributed by atoms with Gasteiger partial charge in [0.2, 0.25) is 0 Å². The summed E-state index contributed by atoms with van der Waals surface area (Å²) in [4.78, 5) is 36.5. The highest BCUT2D eigenvalue weighted by molar-refractivity contribution is 8.19. The van der Waals surface area contributed by atoms with E-state index in [9.17, 15) is 19.7 Å². The SMILES string of the molecule is O=C1S/C(=C\c2ccc(-c3ccc([N+](=O)[O-])cc3Cl)o2)C(=O)N1c1ccccc1. The third-order valence-electron chi connectivity index (χ3n) is 4.14. The van der Waals surface area contributed by atoms with Gasteiger partial charge in [0, 0.05) is 23.8 Å². The van der Waals surface area contributed by atoms with Crippen molar-refractivity contribution in [2.24, 2.45) is 0 Å². The van der Waals surface area contributed by atoms with E-state index in [0.717, 1.165) is 16.7 Å². The van der Waals surface area contributed by atoms with Crippen LogP contribution in [0.1, 0.15) is 5.76 Å². The minimum absolute atomic E-state index is 0.125. The number of halogens is 1. The number of amides is 2. The minimum atomic E-state index is -0.536. The normalized spacial score (nSPS) is 15.3. The topological polar surface area (TPSA) is 93.7 Å². The number of furan rings is 1. The van der Waals surface area contributed by atoms with Crippen molar-refractivity contribution < 1.29 is 18.9 Å². The number of nitro groups is 1. The first-order valence-electron chi connectivity index (χ1n) is 8.31. The van der Waals surface area contributed by atoms with E-state index in [0.29, 0.717) is 22.8 Å². The number of imide groups is 1. The highest BCUT2D eigenvalue weighted by atomic mass is 35.5. The number of nitrogens with zero attached hydrogens (tertiary/aromatic N) is 2. The third-order valence-corrected chi connectivity index (χ3v) is 5.32. The lowest BCUT2D eigenvalue weighted by Crippen LogP contribution is -2.27. The lowest BCUT2D eigenvalue weighted by atomic mass is 10.1. The van der Waals surface area contributed by atoms with Crippen molar-refractivity contribution in [1.82, 2.24) is 0 Å². The van der Waals surface area contributed by atoms with Gasteiger partial charge >= 0.3 is 0 Å². The Kier molecular flexibility index (Phi) is 4.96. The van der Waals surface area contributed by atoms with Gasteiger partial charge < -0.3 is 4.42 Å². The molecule has 9 heteroatoms. The number of nitro benzene ring substituents is 1. The summed E-state index contributed by atoms with van der Waals surface area (Å²) >= 11 is 6.95. The number of para-hydroxylation sites is 1. The maximum Gasteiger partial charge on any atom is 0.298 e. The molecule has 0 atom stereocenters. The molecule has 29 heavy (non-hydrogen) atoms. The Balaban J connectivity index is 1.61. The summed E-state index contributed by atoms with van der Waals surface area (Å²) in [5, 5.41) is 10.6. The molecule has 0 bridgehead atoms. The molecule has 2 aromatic carbocycles. The molecule has 0 unspecified atom stereocenters. The Morgan fingerprint density at radius 2 is 1.83 bits per heavy atom. The first kappa shape index (κ1) is 19.0. The van der Waals surface area contributed by atoms with Gasteiger partial charge in [-0.3, -0.25) is 19.7 Å². The fourth-order valence-corrected chi connectivity index (χ4v) is 3.88. The van der Waals surface area contributed by atoms with Crippen molar-refractivity contribution in [1.29, 1.82) is 0 Å². The molecule has 7 nitrogen and oxygen atoms in total. The van der Waals surface area contributed by atoms with E-state index in [-0.39, 0.29) is 15.6 Å². The predicted molar refractivity (Wildman–Crippen MR) is 111 cm³/mol. The van der Waals surface area contributed by atoms with E-state index in [2.05, 4.69) is 0 Å². The van der Waals surface area contributed by atoms with Gasteiger partial charge in [0.05, 0.1) is 20.5 Å². The first-order chi connectivity index (χ1) is 13.9. The van der Waals surface area contributed by atoms with Crippen LogP contribution in [0.2, 0.25) is 5.02 Å². The highest BCUT2D eigenvalue weighted by Crippen LogP contribution is 2.37. The zero-order valence-corrected chi connectivity index (χ0v) is 16.1. The monoisotopic (exact) mass is 426 g/mol. The molecule has 144 valence electrons. The van der Waals surface area contributed by atoms with Crippen LogP contribution >= 0.6 is 23.4 Å². The maximum absolute atomic E-state index is 12.6. The van der Waals surface area contributed by atoms with Gasteiger partial charge in [-0.25, -0.2) is 4.90 Å². The van der Waals surface area contributed by atoms with Crippen LogP contribution in [0.25, 0.3) is 17.4 Å². The van der Waals surface area contributed by atoms with Crippen LogP contribution in [0.15, 0.2) is 70.0 Å². The minimum Gasteiger partial charge on any atom is -0.457 e. The van der Waals surface area contributed by atoms with E-state index in [1.54, 1.807) is 42.5 Å². The summed E-state index contributed by atoms with van der Waals surface area (Å²) in [5.74, 6) is 0.309. The van der Waals surface area contributed by atoms with Crippen LogP contribution in [-0.2, 0) is 4.79 Å². The number of anilines is 1. The Bertz CT molecular complexity index is 1170. The average molecular weight is 427 g/mol. The number of thioether (sulfide) groups is 1. The van der Waals surface area contributed by atoms with Crippen molar-refractivity contribution in [3.05, 3.63) is 86.5 Å². The maximum atomic E-state index is 12.6. The molecule has 0 aliphatic carbocycles. The lowest BCUT2D eigenvalue weighted by Gasteiger charge is -2.11. The molecule has 1 aromatic heterocycles. The molecule has 0 spiro atoms. The molecule has 0 saturated carbocycles. The first-order valence-corrected chi connectivity index (χ1v) is 9.50. The largest absolute Gasteiger partial charge is 0.457 e. The number of benzene rings is 2. The van der Waals surface area contributed by atoms with E-state index < -0.39 is 16.1 Å². The van der Waals surface area contributed by atoms with Crippen molar-refractivity contribution in [3.8, 4) is 11.3 Å². The summed E-state index contributed by atoms with van der Waals surface area (Å²) in [7, 11) is 0. The van der Waals surface area contributed by atoms with Crippen LogP contribution in [-0.4, -0.2) is 16.1 Å². The summed E-state index contributed by atoms with van der Waals surface area (Å²) in [6.45, 7) is 0. The second kappa shape index (κ2) is 7.57. The molecule has 1 aliphatic heterocycles. The Morgan fingerprint density at radius 1 is 1.07 bits per heavy atom. The van der Waals surface area contributed by atoms with Gasteiger partial charge in [0.15, 0.2) is 0 Å². The average Bonchev–Trinajstić information content (AvgIpc) is 3.27. The van der Waals surface area contributed by atoms with Crippen LogP contribution in [0.4, 0.5) is 16.2 Å². The molecule has 0 radical (unpaired) electrons. The highest BCUT2D eigenvalue weighted by Gasteiger charge is 2.36. The van der Waals surface area contributed by atoms with Crippen LogP contribution in [0, 0.1) is 10.1 Å².